The van der Waals surface area contributed by atoms with E-state index < -0.39 is 5.97 Å². The molecular formula is C25H21N3O3. The molecule has 0 saturated carbocycles. The van der Waals surface area contributed by atoms with E-state index in [-0.39, 0.29) is 6.42 Å². The summed E-state index contributed by atoms with van der Waals surface area (Å²) in [4.78, 5) is 24.3. The van der Waals surface area contributed by atoms with Gasteiger partial charge in [0.2, 0.25) is 0 Å². The first kappa shape index (κ1) is 20.2. The highest BCUT2D eigenvalue weighted by Crippen LogP contribution is 2.29. The van der Waals surface area contributed by atoms with Gasteiger partial charge in [0.05, 0.1) is 29.4 Å². The minimum absolute atomic E-state index is 0.0989. The van der Waals surface area contributed by atoms with E-state index in [9.17, 15) is 4.79 Å². The molecule has 6 heteroatoms. The second-order valence-corrected chi connectivity index (χ2v) is 6.93. The largest absolute Gasteiger partial charge is 0.494 e. The van der Waals surface area contributed by atoms with Gasteiger partial charge in [-0.1, -0.05) is 24.3 Å². The van der Waals surface area contributed by atoms with Crippen molar-refractivity contribution in [1.29, 1.82) is 0 Å². The summed E-state index contributed by atoms with van der Waals surface area (Å²) in [5.74, 6) is -0.109. The average Bonchev–Trinajstić information content (AvgIpc) is 2.83. The number of carboxylic acids is 1. The molecular weight excluding hydrogens is 390 g/mol. The number of ether oxygens (including phenoxy) is 1. The Bertz CT molecular complexity index is 1090. The summed E-state index contributed by atoms with van der Waals surface area (Å²) in [7, 11) is 0. The van der Waals surface area contributed by atoms with Gasteiger partial charge in [-0.3, -0.25) is 14.8 Å². The predicted octanol–water partition coefficient (Wildman–Crippen LogP) is 5.12. The molecule has 3 heterocycles. The quantitative estimate of drug-likeness (QED) is 0.405. The minimum Gasteiger partial charge on any atom is -0.494 e. The van der Waals surface area contributed by atoms with E-state index in [1.54, 1.807) is 12.4 Å². The molecule has 0 fully saturated rings. The third-order valence-electron chi connectivity index (χ3n) is 4.67. The lowest BCUT2D eigenvalue weighted by atomic mass is 10.0. The maximum Gasteiger partial charge on any atom is 0.303 e. The first-order valence-electron chi connectivity index (χ1n) is 9.99. The second-order valence-electron chi connectivity index (χ2n) is 6.93. The van der Waals surface area contributed by atoms with Crippen LogP contribution >= 0.6 is 0 Å². The van der Waals surface area contributed by atoms with Crippen molar-refractivity contribution in [3.05, 3.63) is 85.2 Å². The monoisotopic (exact) mass is 411 g/mol. The molecule has 3 aromatic heterocycles. The zero-order valence-electron chi connectivity index (χ0n) is 16.8. The van der Waals surface area contributed by atoms with Gasteiger partial charge in [0, 0.05) is 18.8 Å². The summed E-state index contributed by atoms with van der Waals surface area (Å²) >= 11 is 0. The number of carboxylic acid groups (broad SMARTS) is 1. The van der Waals surface area contributed by atoms with Crippen LogP contribution in [0.1, 0.15) is 12.8 Å². The summed E-state index contributed by atoms with van der Waals surface area (Å²) in [6.07, 6.45) is 4.07. The number of hydrogen-bond acceptors (Lipinski definition) is 5. The van der Waals surface area contributed by atoms with Crippen molar-refractivity contribution >= 4 is 5.97 Å². The first-order chi connectivity index (χ1) is 15.2. The third kappa shape index (κ3) is 5.30. The zero-order valence-corrected chi connectivity index (χ0v) is 16.8. The van der Waals surface area contributed by atoms with E-state index in [4.69, 9.17) is 14.8 Å². The molecule has 1 aromatic carbocycles. The Kier molecular flexibility index (Phi) is 6.28. The van der Waals surface area contributed by atoms with Gasteiger partial charge in [-0.05, 0) is 66.1 Å². The fraction of sp³-hybridized carbons (Fsp3) is 0.120. The summed E-state index contributed by atoms with van der Waals surface area (Å²) in [5, 5.41) is 8.71. The molecule has 0 aliphatic heterocycles. The van der Waals surface area contributed by atoms with Crippen LogP contribution in [0.2, 0.25) is 0 Å². The lowest BCUT2D eigenvalue weighted by Gasteiger charge is -2.10. The number of nitrogens with zero attached hydrogens (tertiary/aromatic N) is 3. The number of benzene rings is 1. The summed E-state index contributed by atoms with van der Waals surface area (Å²) < 4.78 is 5.64. The maximum atomic E-state index is 10.6. The molecule has 6 nitrogen and oxygen atoms in total. The van der Waals surface area contributed by atoms with Crippen molar-refractivity contribution in [1.82, 2.24) is 15.0 Å². The number of hydrogen-bond donors (Lipinski definition) is 1. The van der Waals surface area contributed by atoms with Crippen LogP contribution in [0.15, 0.2) is 85.2 Å². The van der Waals surface area contributed by atoms with Gasteiger partial charge < -0.3 is 9.84 Å². The highest BCUT2D eigenvalue weighted by Gasteiger charge is 2.10. The van der Waals surface area contributed by atoms with Crippen LogP contribution in [0.25, 0.3) is 33.9 Å². The van der Waals surface area contributed by atoms with Crippen LogP contribution in [-0.4, -0.2) is 32.6 Å². The molecule has 0 amide bonds. The SMILES string of the molecule is O=C(O)CCCOc1ccc(-c2cc(-c3ccccn3)nc(-c3ccccn3)c2)cc1. The molecule has 0 atom stereocenters. The van der Waals surface area contributed by atoms with Gasteiger partial charge in [0.15, 0.2) is 0 Å². The smallest absolute Gasteiger partial charge is 0.303 e. The normalized spacial score (nSPS) is 10.6. The molecule has 0 saturated heterocycles. The third-order valence-corrected chi connectivity index (χ3v) is 4.67. The molecule has 1 N–H and O–H groups in total. The van der Waals surface area contributed by atoms with Crippen LogP contribution in [0, 0.1) is 0 Å². The van der Waals surface area contributed by atoms with E-state index in [1.807, 2.05) is 72.8 Å². The number of pyridine rings is 3. The van der Waals surface area contributed by atoms with Crippen molar-refractivity contribution < 1.29 is 14.6 Å². The lowest BCUT2D eigenvalue weighted by Crippen LogP contribution is -2.01. The average molecular weight is 411 g/mol. The Morgan fingerprint density at radius 2 is 1.39 bits per heavy atom. The summed E-state index contributed by atoms with van der Waals surface area (Å²) in [6.45, 7) is 0.370. The van der Waals surface area contributed by atoms with Gasteiger partial charge >= 0.3 is 5.97 Å². The fourth-order valence-corrected chi connectivity index (χ4v) is 3.15. The molecule has 0 aliphatic carbocycles. The van der Waals surface area contributed by atoms with Crippen molar-refractivity contribution in [2.45, 2.75) is 12.8 Å². The number of aliphatic carboxylic acids is 1. The zero-order chi connectivity index (χ0) is 21.5. The van der Waals surface area contributed by atoms with E-state index in [0.29, 0.717) is 18.8 Å². The summed E-state index contributed by atoms with van der Waals surface area (Å²) in [5.41, 5.74) is 5.13. The highest BCUT2D eigenvalue weighted by molar-refractivity contribution is 5.74. The Labute approximate surface area is 180 Å². The van der Waals surface area contributed by atoms with E-state index in [2.05, 4.69) is 9.97 Å². The Hall–Kier alpha value is -4.06. The molecule has 0 radical (unpaired) electrons. The molecule has 4 rings (SSSR count). The van der Waals surface area contributed by atoms with Crippen molar-refractivity contribution in [3.8, 4) is 39.7 Å². The van der Waals surface area contributed by atoms with E-state index in [1.165, 1.54) is 0 Å². The van der Waals surface area contributed by atoms with Gasteiger partial charge in [0.1, 0.15) is 5.75 Å². The summed E-state index contributed by atoms with van der Waals surface area (Å²) in [6, 6.07) is 23.2. The minimum atomic E-state index is -0.816. The molecule has 4 aromatic rings. The Morgan fingerprint density at radius 3 is 1.90 bits per heavy atom. The Morgan fingerprint density at radius 1 is 0.774 bits per heavy atom. The van der Waals surface area contributed by atoms with Gasteiger partial charge in [-0.2, -0.15) is 0 Å². The van der Waals surface area contributed by atoms with Crippen LogP contribution in [0.5, 0.6) is 5.75 Å². The van der Waals surface area contributed by atoms with Gasteiger partial charge in [-0.25, -0.2) is 4.98 Å². The lowest BCUT2D eigenvalue weighted by molar-refractivity contribution is -0.137. The number of aromatic nitrogens is 3. The number of rotatable bonds is 8. The predicted molar refractivity (Wildman–Crippen MR) is 118 cm³/mol. The van der Waals surface area contributed by atoms with Crippen molar-refractivity contribution in [2.75, 3.05) is 6.61 Å². The van der Waals surface area contributed by atoms with Crippen LogP contribution in [-0.2, 0) is 4.79 Å². The van der Waals surface area contributed by atoms with Crippen molar-refractivity contribution in [2.24, 2.45) is 0 Å². The van der Waals surface area contributed by atoms with Crippen LogP contribution in [0.4, 0.5) is 0 Å². The molecule has 0 aliphatic rings. The second kappa shape index (κ2) is 9.63. The van der Waals surface area contributed by atoms with Gasteiger partial charge in [-0.15, -0.1) is 0 Å². The van der Waals surface area contributed by atoms with Crippen LogP contribution in [0.3, 0.4) is 0 Å². The molecule has 0 bridgehead atoms. The van der Waals surface area contributed by atoms with E-state index >= 15 is 0 Å². The molecule has 31 heavy (non-hydrogen) atoms. The molecule has 154 valence electrons. The topological polar surface area (TPSA) is 85.2 Å². The van der Waals surface area contributed by atoms with Crippen molar-refractivity contribution in [3.63, 3.8) is 0 Å². The van der Waals surface area contributed by atoms with Gasteiger partial charge in [0.25, 0.3) is 0 Å². The maximum absolute atomic E-state index is 10.6. The van der Waals surface area contributed by atoms with Crippen LogP contribution < -0.4 is 4.74 Å². The Balaban J connectivity index is 1.63. The number of carbonyl (C=O) groups is 1. The standard InChI is InChI=1S/C25H21N3O3/c29-25(30)8-5-15-31-20-11-9-18(10-12-20)19-16-23(21-6-1-3-13-26-21)28-24(17-19)22-7-2-4-14-27-22/h1-4,6-7,9-14,16-17H,5,8,15H2,(H,29,30). The fourth-order valence-electron chi connectivity index (χ4n) is 3.15. The molecule has 0 unspecified atom stereocenters. The molecule has 0 spiro atoms. The van der Waals surface area contributed by atoms with E-state index in [0.717, 1.165) is 33.9 Å². The highest BCUT2D eigenvalue weighted by atomic mass is 16.5. The first-order valence-corrected chi connectivity index (χ1v) is 9.99.